The molecule has 0 heterocycles. The molecule has 0 radical (unpaired) electrons. The van der Waals surface area contributed by atoms with Gasteiger partial charge in [-0.3, -0.25) is 0 Å². The summed E-state index contributed by atoms with van der Waals surface area (Å²) in [7, 11) is -5.84. The number of fused-ring (bicyclic) bond motifs is 2. The monoisotopic (exact) mass is 796 g/mol. The van der Waals surface area contributed by atoms with E-state index in [4.69, 9.17) is 0 Å². The molecule has 0 fully saturated rings. The van der Waals surface area contributed by atoms with Crippen molar-refractivity contribution in [3.8, 4) is 11.1 Å². The Morgan fingerprint density at radius 3 is 0.893 bits per heavy atom. The molecule has 0 saturated heterocycles. The van der Waals surface area contributed by atoms with Gasteiger partial charge in [0.05, 0.1) is 32.3 Å². The van der Waals surface area contributed by atoms with E-state index in [1.165, 1.54) is 75.6 Å². The van der Waals surface area contributed by atoms with E-state index in [0.717, 1.165) is 0 Å². The Labute approximate surface area is 337 Å². The van der Waals surface area contributed by atoms with Crippen LogP contribution in [0.5, 0.6) is 0 Å². The van der Waals surface area contributed by atoms with Crippen LogP contribution in [0.1, 0.15) is 0 Å². The van der Waals surface area contributed by atoms with Gasteiger partial charge in [-0.15, -0.1) is 0 Å². The zero-order valence-corrected chi connectivity index (χ0v) is 37.0. The molecule has 8 aromatic rings. The fourth-order valence-electron chi connectivity index (χ4n) is 7.72. The molecule has 0 aliphatic heterocycles. The van der Waals surface area contributed by atoms with E-state index in [1.807, 2.05) is 0 Å². The Morgan fingerprint density at radius 1 is 0.339 bits per heavy atom. The van der Waals surface area contributed by atoms with Gasteiger partial charge < -0.3 is 10.2 Å². The van der Waals surface area contributed by atoms with Gasteiger partial charge in [-0.1, -0.05) is 221 Å². The molecule has 0 bridgehead atoms. The summed E-state index contributed by atoms with van der Waals surface area (Å²) in [6.07, 6.45) is 0. The number of hydrogen-bond donors (Lipinski definition) is 2. The number of rotatable bonds is 11. The minimum absolute atomic E-state index is 0.960. The van der Waals surface area contributed by atoms with E-state index in [9.17, 15) is 0 Å². The first kappa shape index (κ1) is 38.1. The summed E-state index contributed by atoms with van der Waals surface area (Å²) < 4.78 is 0. The summed E-state index contributed by atoms with van der Waals surface area (Å²) in [4.78, 5) is 0. The van der Waals surface area contributed by atoms with Gasteiger partial charge >= 0.3 is 0 Å². The maximum atomic E-state index is 4.40. The molecule has 56 heavy (non-hydrogen) atoms. The first-order chi connectivity index (χ1) is 27.1. The first-order valence-electron chi connectivity index (χ1n) is 19.5. The Morgan fingerprint density at radius 2 is 0.607 bits per heavy atom. The van der Waals surface area contributed by atoms with Crippen molar-refractivity contribution < 1.29 is 0 Å². The quantitative estimate of drug-likeness (QED) is 0.101. The zero-order chi connectivity index (χ0) is 38.9. The Kier molecular flexibility index (Phi) is 10.9. The fourth-order valence-corrected chi connectivity index (χ4v) is 14.9. The van der Waals surface area contributed by atoms with Crippen molar-refractivity contribution in [2.45, 2.75) is 39.3 Å². The average molecular weight is 797 g/mol. The summed E-state index contributed by atoms with van der Waals surface area (Å²) in [6.45, 7) is 15.0. The Balaban J connectivity index is 1.52. The fraction of sp³-hybridized carbons (Fsp3) is 0.120. The summed E-state index contributed by atoms with van der Waals surface area (Å²) in [5, 5.41) is 22.1. The van der Waals surface area contributed by atoms with Crippen LogP contribution in [0, 0.1) is 0 Å². The molecule has 0 unspecified atom stereocenters. The van der Waals surface area contributed by atoms with Crippen LogP contribution in [-0.2, 0) is 0 Å². The highest BCUT2D eigenvalue weighted by Gasteiger charge is 2.32. The third-order valence-electron chi connectivity index (χ3n) is 10.5. The lowest BCUT2D eigenvalue weighted by Crippen LogP contribution is -2.41. The van der Waals surface area contributed by atoms with Crippen molar-refractivity contribution in [1.82, 2.24) is 0 Å². The molecule has 8 aromatic carbocycles. The van der Waals surface area contributed by atoms with Crippen molar-refractivity contribution in [1.29, 1.82) is 0 Å². The van der Waals surface area contributed by atoms with Crippen LogP contribution >= 0.6 is 16.1 Å². The molecule has 0 saturated carbocycles. The topological polar surface area (TPSA) is 24.1 Å². The van der Waals surface area contributed by atoms with Crippen LogP contribution in [0.15, 0.2) is 182 Å². The number of anilines is 2. The predicted molar refractivity (Wildman–Crippen MR) is 258 cm³/mol. The van der Waals surface area contributed by atoms with Crippen LogP contribution in [0.25, 0.3) is 32.7 Å². The molecule has 2 nitrogen and oxygen atoms in total. The van der Waals surface area contributed by atoms with Gasteiger partial charge in [0.15, 0.2) is 0 Å². The Bertz CT molecular complexity index is 2340. The predicted octanol–water partition coefficient (Wildman–Crippen LogP) is 11.7. The van der Waals surface area contributed by atoms with Gasteiger partial charge in [0.1, 0.15) is 0 Å². The van der Waals surface area contributed by atoms with Crippen LogP contribution in [-0.4, -0.2) is 16.1 Å². The van der Waals surface area contributed by atoms with Crippen molar-refractivity contribution in [3.05, 3.63) is 182 Å². The van der Waals surface area contributed by atoms with E-state index in [0.29, 0.717) is 0 Å². The van der Waals surface area contributed by atoms with Gasteiger partial charge in [-0.2, -0.15) is 0 Å². The maximum absolute atomic E-state index is 4.40. The average Bonchev–Trinajstić information content (AvgIpc) is 3.22. The highest BCUT2D eigenvalue weighted by atomic mass is 31.1. The largest absolute Gasteiger partial charge is 0.357 e. The van der Waals surface area contributed by atoms with E-state index in [1.54, 1.807) is 0 Å². The standard InChI is InChI=1S/C50H50N2P2Si2/c1-55(2,3)45-35-37-23-19-21-33-43(37)47(49(45)51-53(39-25-11-7-12-26-39)40-27-13-8-14-28-40)48-44-34-22-20-24-38(44)36-46(56(4,5)6)50(48)52-54(41-29-15-9-16-30-41)42-31-17-10-18-32-42/h7-36,51-52H,1-6H3. The summed E-state index contributed by atoms with van der Waals surface area (Å²) >= 11 is 0. The highest BCUT2D eigenvalue weighted by Crippen LogP contribution is 2.49. The van der Waals surface area contributed by atoms with Crippen LogP contribution in [0.4, 0.5) is 11.4 Å². The third-order valence-corrected chi connectivity index (χ3v) is 18.6. The molecule has 0 amide bonds. The van der Waals surface area contributed by atoms with Crippen LogP contribution in [0.2, 0.25) is 39.3 Å². The molecule has 0 spiro atoms. The highest BCUT2D eigenvalue weighted by molar-refractivity contribution is 7.74. The maximum Gasteiger partial charge on any atom is 0.0803 e. The first-order valence-corrected chi connectivity index (χ1v) is 29.2. The number of hydrogen-bond acceptors (Lipinski definition) is 2. The molecule has 2 N–H and O–H groups in total. The molecule has 0 aliphatic carbocycles. The Hall–Kier alpha value is -4.83. The molecular formula is C50H50N2P2Si2. The van der Waals surface area contributed by atoms with Gasteiger partial charge in [-0.25, -0.2) is 0 Å². The molecule has 6 heteroatoms. The summed E-state index contributed by atoms with van der Waals surface area (Å²) in [5.74, 6) is 0. The van der Waals surface area contributed by atoms with E-state index in [2.05, 4.69) is 231 Å². The molecule has 0 atom stereocenters. The van der Waals surface area contributed by atoms with Crippen molar-refractivity contribution >= 4 is 96.8 Å². The SMILES string of the molecule is C[Si](C)(C)c1cc2ccccc2c(-c2c(NP(c3ccccc3)c3ccccc3)c([Si](C)(C)C)cc3ccccc23)c1NP(c1ccccc1)c1ccccc1. The van der Waals surface area contributed by atoms with Crippen molar-refractivity contribution in [2.75, 3.05) is 10.2 Å². The lowest BCUT2D eigenvalue weighted by atomic mass is 9.91. The molecule has 0 aromatic heterocycles. The lowest BCUT2D eigenvalue weighted by Gasteiger charge is -2.33. The second-order valence-electron chi connectivity index (χ2n) is 16.5. The smallest absolute Gasteiger partial charge is 0.0803 e. The van der Waals surface area contributed by atoms with Gasteiger partial charge in [0.2, 0.25) is 0 Å². The molecule has 8 rings (SSSR count). The second kappa shape index (κ2) is 16.0. The van der Waals surface area contributed by atoms with Gasteiger partial charge in [-0.05, 0) is 31.9 Å². The summed E-state index contributed by atoms with van der Waals surface area (Å²) in [6, 6.07) is 67.5. The van der Waals surface area contributed by atoms with Gasteiger partial charge in [0.25, 0.3) is 0 Å². The summed E-state index contributed by atoms with van der Waals surface area (Å²) in [5.41, 5.74) is 5.14. The third kappa shape index (κ3) is 7.77. The minimum Gasteiger partial charge on any atom is -0.357 e. The lowest BCUT2D eigenvalue weighted by molar-refractivity contribution is 1.63. The zero-order valence-electron chi connectivity index (χ0n) is 33.2. The van der Waals surface area contributed by atoms with Crippen molar-refractivity contribution in [2.24, 2.45) is 0 Å². The minimum atomic E-state index is -1.96. The molecule has 0 aliphatic rings. The van der Waals surface area contributed by atoms with E-state index >= 15 is 0 Å². The molecular weight excluding hydrogens is 747 g/mol. The number of nitrogens with one attached hydrogen (secondary N) is 2. The number of benzene rings is 8. The normalized spacial score (nSPS) is 12.1. The molecule has 278 valence electrons. The van der Waals surface area contributed by atoms with Crippen LogP contribution < -0.4 is 41.8 Å². The second-order valence-corrected chi connectivity index (χ2v) is 30.5. The van der Waals surface area contributed by atoms with Crippen molar-refractivity contribution in [3.63, 3.8) is 0 Å². The van der Waals surface area contributed by atoms with Crippen LogP contribution in [0.3, 0.4) is 0 Å². The van der Waals surface area contributed by atoms with E-state index in [-0.39, 0.29) is 0 Å². The van der Waals surface area contributed by atoms with Gasteiger partial charge in [0, 0.05) is 43.7 Å². The van der Waals surface area contributed by atoms with E-state index < -0.39 is 32.3 Å².